The summed E-state index contributed by atoms with van der Waals surface area (Å²) in [5.41, 5.74) is 5.41. The molecule has 0 aromatic rings. The summed E-state index contributed by atoms with van der Waals surface area (Å²) in [4.78, 5) is 2.32. The van der Waals surface area contributed by atoms with Crippen LogP contribution in [0.5, 0.6) is 0 Å². The van der Waals surface area contributed by atoms with Crippen molar-refractivity contribution in [1.29, 1.82) is 0 Å². The van der Waals surface area contributed by atoms with Crippen LogP contribution in [0, 0.1) is 5.41 Å². The number of hydrogen-bond acceptors (Lipinski definition) is 4. The fourth-order valence-electron chi connectivity index (χ4n) is 2.40. The Morgan fingerprint density at radius 2 is 2.17 bits per heavy atom. The number of likely N-dealkylation sites (tertiary alicyclic amines) is 1. The fourth-order valence-corrected chi connectivity index (χ4v) is 2.40. The van der Waals surface area contributed by atoms with E-state index in [0.717, 1.165) is 51.7 Å². The smallest absolute Gasteiger partial charge is 0.144 e. The minimum absolute atomic E-state index is 0.146. The molecule has 0 spiro atoms. The largest absolute Gasteiger partial charge is 0.409 e. The van der Waals surface area contributed by atoms with Gasteiger partial charge in [0.2, 0.25) is 0 Å². The first-order chi connectivity index (χ1) is 8.45. The van der Waals surface area contributed by atoms with Crippen molar-refractivity contribution >= 4 is 5.84 Å². The lowest BCUT2D eigenvalue weighted by molar-refractivity contribution is 0.0695. The molecule has 0 aromatic heterocycles. The molecule has 18 heavy (non-hydrogen) atoms. The van der Waals surface area contributed by atoms with Gasteiger partial charge in [-0.2, -0.15) is 0 Å². The lowest BCUT2D eigenvalue weighted by Gasteiger charge is -2.30. The zero-order valence-electron chi connectivity index (χ0n) is 11.6. The molecule has 106 valence electrons. The molecule has 0 amide bonds. The van der Waals surface area contributed by atoms with Gasteiger partial charge in [0, 0.05) is 12.0 Å². The van der Waals surface area contributed by atoms with Gasteiger partial charge in [0.15, 0.2) is 0 Å². The second-order valence-electron chi connectivity index (χ2n) is 5.92. The van der Waals surface area contributed by atoms with Crippen molar-refractivity contribution in [3.8, 4) is 0 Å². The van der Waals surface area contributed by atoms with Gasteiger partial charge in [-0.25, -0.2) is 0 Å². The highest BCUT2D eigenvalue weighted by Crippen LogP contribution is 2.23. The molecule has 4 N–H and O–H groups in total. The maximum Gasteiger partial charge on any atom is 0.144 e. The molecule has 1 aliphatic rings. The molecule has 0 aromatic carbocycles. The van der Waals surface area contributed by atoms with Crippen molar-refractivity contribution in [2.45, 2.75) is 52.1 Å². The highest BCUT2D eigenvalue weighted by Gasteiger charge is 2.23. The van der Waals surface area contributed by atoms with Crippen LogP contribution in [0.2, 0.25) is 0 Å². The van der Waals surface area contributed by atoms with Gasteiger partial charge in [-0.1, -0.05) is 25.4 Å². The zero-order valence-corrected chi connectivity index (χ0v) is 11.6. The minimum atomic E-state index is -0.240. The number of oxime groups is 1. The highest BCUT2D eigenvalue weighted by molar-refractivity contribution is 5.85. The highest BCUT2D eigenvalue weighted by atomic mass is 16.4. The van der Waals surface area contributed by atoms with Gasteiger partial charge < -0.3 is 20.9 Å². The Hall–Kier alpha value is -0.810. The second-order valence-corrected chi connectivity index (χ2v) is 5.92. The van der Waals surface area contributed by atoms with Crippen LogP contribution in [0.25, 0.3) is 0 Å². The van der Waals surface area contributed by atoms with Crippen molar-refractivity contribution in [3.05, 3.63) is 0 Å². The van der Waals surface area contributed by atoms with Crippen molar-refractivity contribution in [3.63, 3.8) is 0 Å². The Bertz CT molecular complexity index is 279. The SMILES string of the molecule is CC(C)(CCCCN1CCCC(O)C1)C(N)=NO. The average molecular weight is 257 g/mol. The molecule has 0 aliphatic carbocycles. The summed E-state index contributed by atoms with van der Waals surface area (Å²) in [5.74, 6) is 0.302. The van der Waals surface area contributed by atoms with Crippen LogP contribution in [0.15, 0.2) is 5.16 Å². The van der Waals surface area contributed by atoms with Crippen LogP contribution >= 0.6 is 0 Å². The summed E-state index contributed by atoms with van der Waals surface area (Å²) in [6.07, 6.45) is 4.95. The van der Waals surface area contributed by atoms with E-state index in [0.29, 0.717) is 5.84 Å². The molecule has 5 heteroatoms. The van der Waals surface area contributed by atoms with Crippen LogP contribution in [0.3, 0.4) is 0 Å². The van der Waals surface area contributed by atoms with Crippen molar-refractivity contribution < 1.29 is 10.3 Å². The first-order valence-electron chi connectivity index (χ1n) is 6.84. The maximum atomic E-state index is 9.57. The van der Waals surface area contributed by atoms with E-state index in [1.807, 2.05) is 13.8 Å². The molecular weight excluding hydrogens is 230 g/mol. The van der Waals surface area contributed by atoms with Gasteiger partial charge in [0.1, 0.15) is 5.84 Å². The maximum absolute atomic E-state index is 9.57. The molecule has 0 radical (unpaired) electrons. The molecule has 1 unspecified atom stereocenters. The Morgan fingerprint density at radius 3 is 2.78 bits per heavy atom. The van der Waals surface area contributed by atoms with Crippen LogP contribution < -0.4 is 5.73 Å². The monoisotopic (exact) mass is 257 g/mol. The molecule has 0 saturated carbocycles. The average Bonchev–Trinajstić information content (AvgIpc) is 2.33. The van der Waals surface area contributed by atoms with Gasteiger partial charge >= 0.3 is 0 Å². The summed E-state index contributed by atoms with van der Waals surface area (Å²) in [5, 5.41) is 21.3. The normalized spacial score (nSPS) is 23.3. The third kappa shape index (κ3) is 4.82. The van der Waals surface area contributed by atoms with E-state index in [9.17, 15) is 5.11 Å². The van der Waals surface area contributed by atoms with Crippen molar-refractivity contribution in [2.75, 3.05) is 19.6 Å². The summed E-state index contributed by atoms with van der Waals surface area (Å²) in [6, 6.07) is 0. The Morgan fingerprint density at radius 1 is 1.44 bits per heavy atom. The number of aliphatic hydroxyl groups is 1. The van der Waals surface area contributed by atoms with Gasteiger partial charge in [-0.3, -0.25) is 0 Å². The molecule has 0 bridgehead atoms. The first-order valence-corrected chi connectivity index (χ1v) is 6.84. The standard InChI is InChI=1S/C13H27N3O2/c1-13(2,12(14)15-18)7-3-4-8-16-9-5-6-11(17)10-16/h11,17-18H,3-10H2,1-2H3,(H2,14,15). The number of unbranched alkanes of at least 4 members (excludes halogenated alkanes) is 1. The predicted octanol–water partition coefficient (Wildman–Crippen LogP) is 1.39. The number of nitrogens with zero attached hydrogens (tertiary/aromatic N) is 2. The van der Waals surface area contributed by atoms with E-state index in [4.69, 9.17) is 10.9 Å². The van der Waals surface area contributed by atoms with Crippen LogP contribution in [0.1, 0.15) is 46.0 Å². The van der Waals surface area contributed by atoms with Gasteiger partial charge in [0.25, 0.3) is 0 Å². The number of amidine groups is 1. The van der Waals surface area contributed by atoms with Crippen LogP contribution in [-0.2, 0) is 0 Å². The molecule has 1 aliphatic heterocycles. The van der Waals surface area contributed by atoms with Crippen molar-refractivity contribution in [2.24, 2.45) is 16.3 Å². The van der Waals surface area contributed by atoms with E-state index in [-0.39, 0.29) is 11.5 Å². The number of hydrogen-bond donors (Lipinski definition) is 3. The predicted molar refractivity (Wildman–Crippen MR) is 72.7 cm³/mol. The van der Waals surface area contributed by atoms with Crippen LogP contribution in [-0.4, -0.2) is 46.8 Å². The van der Waals surface area contributed by atoms with Crippen LogP contribution in [0.4, 0.5) is 0 Å². The van der Waals surface area contributed by atoms with E-state index in [2.05, 4.69) is 10.1 Å². The third-order valence-corrected chi connectivity index (χ3v) is 3.81. The van der Waals surface area contributed by atoms with E-state index < -0.39 is 0 Å². The zero-order chi connectivity index (χ0) is 13.6. The molecule has 1 fully saturated rings. The minimum Gasteiger partial charge on any atom is -0.409 e. The summed E-state index contributed by atoms with van der Waals surface area (Å²) in [7, 11) is 0. The number of β-amino-alcohol motifs (C(OH)–C–C–N with tert-alkyl or cyclic N) is 1. The van der Waals surface area contributed by atoms with E-state index in [1.54, 1.807) is 0 Å². The van der Waals surface area contributed by atoms with Gasteiger partial charge in [0.05, 0.1) is 6.10 Å². The molecule has 1 heterocycles. The first kappa shape index (κ1) is 15.2. The summed E-state index contributed by atoms with van der Waals surface area (Å²) >= 11 is 0. The topological polar surface area (TPSA) is 82.1 Å². The summed E-state index contributed by atoms with van der Waals surface area (Å²) in [6.45, 7) is 6.92. The molecule has 1 saturated heterocycles. The van der Waals surface area contributed by atoms with E-state index in [1.165, 1.54) is 0 Å². The van der Waals surface area contributed by atoms with Gasteiger partial charge in [-0.05, 0) is 38.8 Å². The van der Waals surface area contributed by atoms with E-state index >= 15 is 0 Å². The fraction of sp³-hybridized carbons (Fsp3) is 0.923. The Kier molecular flexibility index (Phi) is 5.88. The number of aliphatic hydroxyl groups excluding tert-OH is 1. The second kappa shape index (κ2) is 6.95. The molecule has 1 rings (SSSR count). The molecular formula is C13H27N3O2. The molecule has 5 nitrogen and oxygen atoms in total. The Balaban J connectivity index is 2.18. The quantitative estimate of drug-likeness (QED) is 0.221. The summed E-state index contributed by atoms with van der Waals surface area (Å²) < 4.78 is 0. The van der Waals surface area contributed by atoms with Crippen molar-refractivity contribution in [1.82, 2.24) is 4.90 Å². The lowest BCUT2D eigenvalue weighted by Crippen LogP contribution is -2.38. The number of piperidine rings is 1. The lowest BCUT2D eigenvalue weighted by atomic mass is 9.86. The number of nitrogens with two attached hydrogens (primary N) is 1. The third-order valence-electron chi connectivity index (χ3n) is 3.81. The molecule has 1 atom stereocenters. The number of rotatable bonds is 6. The van der Waals surface area contributed by atoms with Gasteiger partial charge in [-0.15, -0.1) is 0 Å². The Labute approximate surface area is 110 Å².